The van der Waals surface area contributed by atoms with Crippen LogP contribution in [0.15, 0.2) is 24.3 Å². The lowest BCUT2D eigenvalue weighted by Gasteiger charge is -2.24. The number of rotatable bonds is 3. The average molecular weight is 206 g/mol. The zero-order valence-corrected chi connectivity index (χ0v) is 9.12. The van der Waals surface area contributed by atoms with E-state index >= 15 is 0 Å². The highest BCUT2D eigenvalue weighted by Gasteiger charge is 2.12. The molecule has 15 heavy (non-hydrogen) atoms. The van der Waals surface area contributed by atoms with Crippen LogP contribution in [-0.4, -0.2) is 32.3 Å². The molecule has 82 valence electrons. The largest absolute Gasteiger partial charge is 0.383 e. The molecule has 0 unspecified atom stereocenters. The molecule has 0 saturated carbocycles. The number of nitrogens with one attached hydrogen (secondary N) is 2. The summed E-state index contributed by atoms with van der Waals surface area (Å²) < 4.78 is 5.40. The molecule has 1 saturated heterocycles. The van der Waals surface area contributed by atoms with Crippen LogP contribution in [0.1, 0.15) is 5.56 Å². The van der Waals surface area contributed by atoms with E-state index in [1.165, 1.54) is 11.3 Å². The maximum Gasteiger partial charge on any atom is 0.0637 e. The third-order valence-corrected chi connectivity index (χ3v) is 2.68. The van der Waals surface area contributed by atoms with Gasteiger partial charge in [-0.05, 0) is 18.6 Å². The van der Waals surface area contributed by atoms with Crippen LogP contribution < -0.4 is 10.6 Å². The number of hydrogen-bond acceptors (Lipinski definition) is 3. The lowest BCUT2D eigenvalue weighted by molar-refractivity contribution is 0.0806. The highest BCUT2D eigenvalue weighted by atomic mass is 16.5. The lowest BCUT2D eigenvalue weighted by atomic mass is 10.2. The second kappa shape index (κ2) is 5.14. The van der Waals surface area contributed by atoms with Crippen molar-refractivity contribution in [2.45, 2.75) is 13.0 Å². The Morgan fingerprint density at radius 1 is 1.47 bits per heavy atom. The fraction of sp³-hybridized carbons (Fsp3) is 0.500. The molecule has 0 spiro atoms. The van der Waals surface area contributed by atoms with Gasteiger partial charge in [-0.2, -0.15) is 0 Å². The SMILES string of the molecule is Cc1ccccc1NC[C@H]1COCCN1. The van der Waals surface area contributed by atoms with Crippen molar-refractivity contribution in [1.82, 2.24) is 5.32 Å². The Bertz CT molecular complexity index is 308. The monoisotopic (exact) mass is 206 g/mol. The van der Waals surface area contributed by atoms with Crippen molar-refractivity contribution in [2.24, 2.45) is 0 Å². The molecule has 0 aromatic heterocycles. The molecule has 0 bridgehead atoms. The summed E-state index contributed by atoms with van der Waals surface area (Å²) in [6.45, 7) is 5.64. The van der Waals surface area contributed by atoms with E-state index in [0.29, 0.717) is 6.04 Å². The number of aryl methyl sites for hydroxylation is 1. The summed E-state index contributed by atoms with van der Waals surface area (Å²) >= 11 is 0. The minimum Gasteiger partial charge on any atom is -0.383 e. The molecule has 3 nitrogen and oxygen atoms in total. The topological polar surface area (TPSA) is 33.3 Å². The Balaban J connectivity index is 1.84. The molecule has 1 fully saturated rings. The van der Waals surface area contributed by atoms with E-state index in [1.54, 1.807) is 0 Å². The Labute approximate surface area is 90.8 Å². The van der Waals surface area contributed by atoms with Crippen LogP contribution in [0.2, 0.25) is 0 Å². The van der Waals surface area contributed by atoms with Gasteiger partial charge in [0.2, 0.25) is 0 Å². The Hall–Kier alpha value is -1.06. The van der Waals surface area contributed by atoms with Gasteiger partial charge in [-0.15, -0.1) is 0 Å². The second-order valence-corrected chi connectivity index (χ2v) is 3.92. The van der Waals surface area contributed by atoms with Crippen LogP contribution >= 0.6 is 0 Å². The first-order chi connectivity index (χ1) is 7.36. The molecular formula is C12H18N2O. The zero-order chi connectivity index (χ0) is 10.5. The van der Waals surface area contributed by atoms with Crippen LogP contribution in [0.3, 0.4) is 0 Å². The molecule has 2 N–H and O–H groups in total. The summed E-state index contributed by atoms with van der Waals surface area (Å²) in [6, 6.07) is 8.77. The van der Waals surface area contributed by atoms with Gasteiger partial charge in [-0.1, -0.05) is 18.2 Å². The van der Waals surface area contributed by atoms with Crippen LogP contribution in [0.25, 0.3) is 0 Å². The molecule has 1 aliphatic heterocycles. The van der Waals surface area contributed by atoms with Crippen molar-refractivity contribution in [1.29, 1.82) is 0 Å². The van der Waals surface area contributed by atoms with Crippen molar-refractivity contribution < 1.29 is 4.74 Å². The summed E-state index contributed by atoms with van der Waals surface area (Å²) in [6.07, 6.45) is 0. The van der Waals surface area contributed by atoms with E-state index < -0.39 is 0 Å². The Morgan fingerprint density at radius 3 is 3.07 bits per heavy atom. The molecule has 0 amide bonds. The molecule has 1 heterocycles. The summed E-state index contributed by atoms with van der Waals surface area (Å²) in [5, 5.41) is 6.86. The van der Waals surface area contributed by atoms with E-state index in [0.717, 1.165) is 26.3 Å². The zero-order valence-electron chi connectivity index (χ0n) is 9.12. The van der Waals surface area contributed by atoms with Gasteiger partial charge >= 0.3 is 0 Å². The molecule has 0 aliphatic carbocycles. The van der Waals surface area contributed by atoms with E-state index in [1.807, 2.05) is 0 Å². The number of morpholine rings is 1. The third kappa shape index (κ3) is 2.94. The van der Waals surface area contributed by atoms with Gasteiger partial charge in [-0.3, -0.25) is 0 Å². The van der Waals surface area contributed by atoms with Gasteiger partial charge in [-0.25, -0.2) is 0 Å². The van der Waals surface area contributed by atoms with Gasteiger partial charge in [0, 0.05) is 24.8 Å². The maximum absolute atomic E-state index is 5.40. The average Bonchev–Trinajstić information content (AvgIpc) is 2.29. The first-order valence-corrected chi connectivity index (χ1v) is 5.47. The predicted molar refractivity (Wildman–Crippen MR) is 62.3 cm³/mol. The number of hydrogen-bond donors (Lipinski definition) is 2. The second-order valence-electron chi connectivity index (χ2n) is 3.92. The van der Waals surface area contributed by atoms with Crippen molar-refractivity contribution in [3.05, 3.63) is 29.8 Å². The van der Waals surface area contributed by atoms with Crippen LogP contribution in [0.4, 0.5) is 5.69 Å². The summed E-state index contributed by atoms with van der Waals surface area (Å²) in [5.74, 6) is 0. The van der Waals surface area contributed by atoms with E-state index in [2.05, 4.69) is 41.8 Å². The van der Waals surface area contributed by atoms with Gasteiger partial charge in [0.25, 0.3) is 0 Å². The fourth-order valence-electron chi connectivity index (χ4n) is 1.76. The molecule has 0 radical (unpaired) electrons. The van der Waals surface area contributed by atoms with E-state index in [4.69, 9.17) is 4.74 Å². The van der Waals surface area contributed by atoms with E-state index in [-0.39, 0.29) is 0 Å². The molecular weight excluding hydrogens is 188 g/mol. The minimum atomic E-state index is 0.429. The number of benzene rings is 1. The fourth-order valence-corrected chi connectivity index (χ4v) is 1.76. The van der Waals surface area contributed by atoms with Gasteiger partial charge in [0.1, 0.15) is 0 Å². The van der Waals surface area contributed by atoms with Crippen LogP contribution in [0, 0.1) is 6.92 Å². The summed E-state index contributed by atoms with van der Waals surface area (Å²) in [7, 11) is 0. The molecule has 1 aliphatic rings. The molecule has 1 aromatic carbocycles. The van der Waals surface area contributed by atoms with Crippen LogP contribution in [0.5, 0.6) is 0 Å². The third-order valence-electron chi connectivity index (χ3n) is 2.68. The maximum atomic E-state index is 5.40. The normalized spacial score (nSPS) is 21.3. The number of para-hydroxylation sites is 1. The lowest BCUT2D eigenvalue weighted by Crippen LogP contribution is -2.45. The van der Waals surface area contributed by atoms with Crippen molar-refractivity contribution >= 4 is 5.69 Å². The summed E-state index contributed by atoms with van der Waals surface area (Å²) in [5.41, 5.74) is 2.50. The molecule has 3 heteroatoms. The standard InChI is InChI=1S/C12H18N2O/c1-10-4-2-3-5-12(10)14-8-11-9-15-7-6-13-11/h2-5,11,13-14H,6-9H2,1H3/t11-/m0/s1. The highest BCUT2D eigenvalue weighted by molar-refractivity contribution is 5.50. The quantitative estimate of drug-likeness (QED) is 0.784. The van der Waals surface area contributed by atoms with Crippen molar-refractivity contribution in [3.63, 3.8) is 0 Å². The summed E-state index contributed by atoms with van der Waals surface area (Å²) in [4.78, 5) is 0. The Morgan fingerprint density at radius 2 is 2.33 bits per heavy atom. The van der Waals surface area contributed by atoms with Gasteiger partial charge in [0.05, 0.1) is 13.2 Å². The van der Waals surface area contributed by atoms with E-state index in [9.17, 15) is 0 Å². The smallest absolute Gasteiger partial charge is 0.0637 e. The van der Waals surface area contributed by atoms with Gasteiger partial charge in [0.15, 0.2) is 0 Å². The molecule has 2 rings (SSSR count). The Kier molecular flexibility index (Phi) is 3.59. The first-order valence-electron chi connectivity index (χ1n) is 5.47. The van der Waals surface area contributed by atoms with Crippen molar-refractivity contribution in [3.8, 4) is 0 Å². The predicted octanol–water partition coefficient (Wildman–Crippen LogP) is 1.40. The number of anilines is 1. The van der Waals surface area contributed by atoms with Crippen molar-refractivity contribution in [2.75, 3.05) is 31.6 Å². The highest BCUT2D eigenvalue weighted by Crippen LogP contribution is 2.12. The number of ether oxygens (including phenoxy) is 1. The minimum absolute atomic E-state index is 0.429. The first kappa shape index (κ1) is 10.5. The van der Waals surface area contributed by atoms with Gasteiger partial charge < -0.3 is 15.4 Å². The molecule has 1 atom stereocenters. The molecule has 1 aromatic rings. The van der Waals surface area contributed by atoms with Crippen LogP contribution in [-0.2, 0) is 4.74 Å².